The number of esters is 1. The van der Waals surface area contributed by atoms with Crippen molar-refractivity contribution in [3.05, 3.63) is 80.7 Å². The highest BCUT2D eigenvalue weighted by atomic mass is 35.5. The van der Waals surface area contributed by atoms with Gasteiger partial charge in [-0.2, -0.15) is 0 Å². The molecule has 0 radical (unpaired) electrons. The zero-order chi connectivity index (χ0) is 18.7. The predicted octanol–water partition coefficient (Wildman–Crippen LogP) is 4.57. The van der Waals surface area contributed by atoms with Gasteiger partial charge < -0.3 is 9.15 Å². The average Bonchev–Trinajstić information content (AvgIpc) is 3.01. The molecule has 0 aliphatic carbocycles. The Bertz CT molecular complexity index is 969. The molecule has 0 unspecified atom stereocenters. The molecule has 3 rings (SSSR count). The van der Waals surface area contributed by atoms with Gasteiger partial charge in [0, 0.05) is 16.7 Å². The molecule has 0 fully saturated rings. The minimum absolute atomic E-state index is 0.160. The Kier molecular flexibility index (Phi) is 4.99. The molecular weight excluding hydrogens is 360 g/mol. The third-order valence-electron chi connectivity index (χ3n) is 3.63. The number of carbonyl (C=O) groups excluding carboxylic acids is 1. The molecule has 8 heteroatoms. The zero-order valence-corrected chi connectivity index (χ0v) is 14.4. The number of aryl methyl sites for hydroxylation is 1. The normalized spacial score (nSPS) is 10.5. The van der Waals surface area contributed by atoms with Gasteiger partial charge in [-0.25, -0.2) is 9.78 Å². The SMILES string of the molecule is Cc1oc(-c2ccccc2)nc1COC(=O)c1ccc(Cl)cc1[N+](=O)[O-]. The zero-order valence-electron chi connectivity index (χ0n) is 13.6. The van der Waals surface area contributed by atoms with E-state index in [2.05, 4.69) is 4.98 Å². The summed E-state index contributed by atoms with van der Waals surface area (Å²) in [6, 6.07) is 13.0. The van der Waals surface area contributed by atoms with Crippen LogP contribution in [0.2, 0.25) is 5.02 Å². The summed E-state index contributed by atoms with van der Waals surface area (Å²) in [5.41, 5.74) is 0.642. The van der Waals surface area contributed by atoms with E-state index in [4.69, 9.17) is 20.8 Å². The van der Waals surface area contributed by atoms with Gasteiger partial charge in [-0.15, -0.1) is 0 Å². The van der Waals surface area contributed by atoms with E-state index in [9.17, 15) is 14.9 Å². The van der Waals surface area contributed by atoms with Crippen LogP contribution < -0.4 is 0 Å². The number of benzene rings is 2. The molecule has 0 aliphatic rings. The summed E-state index contributed by atoms with van der Waals surface area (Å²) in [5.74, 6) is 0.0749. The molecule has 0 bridgehead atoms. The second-order valence-electron chi connectivity index (χ2n) is 5.38. The summed E-state index contributed by atoms with van der Waals surface area (Å²) < 4.78 is 10.8. The molecule has 0 atom stereocenters. The van der Waals surface area contributed by atoms with E-state index in [0.717, 1.165) is 11.6 Å². The van der Waals surface area contributed by atoms with Crippen molar-refractivity contribution in [1.29, 1.82) is 0 Å². The highest BCUT2D eigenvalue weighted by Gasteiger charge is 2.23. The fourth-order valence-electron chi connectivity index (χ4n) is 2.31. The Hall–Kier alpha value is -3.19. The van der Waals surface area contributed by atoms with Gasteiger partial charge in [-0.1, -0.05) is 29.8 Å². The van der Waals surface area contributed by atoms with Gasteiger partial charge >= 0.3 is 5.97 Å². The van der Waals surface area contributed by atoms with Crippen LogP contribution >= 0.6 is 11.6 Å². The lowest BCUT2D eigenvalue weighted by Gasteiger charge is -2.04. The van der Waals surface area contributed by atoms with Crippen molar-refractivity contribution < 1.29 is 18.9 Å². The molecule has 132 valence electrons. The minimum atomic E-state index is -0.836. The smallest absolute Gasteiger partial charge is 0.345 e. The maximum absolute atomic E-state index is 12.2. The van der Waals surface area contributed by atoms with Crippen molar-refractivity contribution in [1.82, 2.24) is 4.98 Å². The minimum Gasteiger partial charge on any atom is -0.455 e. The van der Waals surface area contributed by atoms with Crippen molar-refractivity contribution in [2.24, 2.45) is 0 Å². The summed E-state index contributed by atoms with van der Waals surface area (Å²) in [4.78, 5) is 26.9. The first-order chi connectivity index (χ1) is 12.5. The number of halogens is 1. The standard InChI is InChI=1S/C18H13ClN2O5/c1-11-15(20-17(26-11)12-5-3-2-4-6-12)10-25-18(22)14-8-7-13(19)9-16(14)21(23)24/h2-9H,10H2,1H3. The molecule has 0 saturated heterocycles. The first-order valence-electron chi connectivity index (χ1n) is 7.58. The number of nitrogens with zero attached hydrogens (tertiary/aromatic N) is 2. The van der Waals surface area contributed by atoms with E-state index in [-0.39, 0.29) is 17.2 Å². The Balaban J connectivity index is 1.77. The highest BCUT2D eigenvalue weighted by Crippen LogP contribution is 2.25. The monoisotopic (exact) mass is 372 g/mol. The van der Waals surface area contributed by atoms with Crippen molar-refractivity contribution in [3.8, 4) is 11.5 Å². The Morgan fingerprint density at radius 2 is 2.00 bits per heavy atom. The third kappa shape index (κ3) is 3.73. The highest BCUT2D eigenvalue weighted by molar-refractivity contribution is 6.31. The number of nitro benzene ring substituents is 1. The van der Waals surface area contributed by atoms with Crippen LogP contribution in [0.15, 0.2) is 52.9 Å². The number of hydrogen-bond acceptors (Lipinski definition) is 6. The molecule has 0 aliphatic heterocycles. The van der Waals surface area contributed by atoms with E-state index in [1.807, 2.05) is 30.3 Å². The van der Waals surface area contributed by atoms with Crippen LogP contribution in [0.4, 0.5) is 5.69 Å². The van der Waals surface area contributed by atoms with Crippen LogP contribution in [0.1, 0.15) is 21.8 Å². The third-order valence-corrected chi connectivity index (χ3v) is 3.86. The number of rotatable bonds is 5. The van der Waals surface area contributed by atoms with Crippen LogP contribution in [0.25, 0.3) is 11.5 Å². The lowest BCUT2D eigenvalue weighted by atomic mass is 10.2. The van der Waals surface area contributed by atoms with E-state index in [1.165, 1.54) is 12.1 Å². The lowest BCUT2D eigenvalue weighted by molar-refractivity contribution is -0.385. The second kappa shape index (κ2) is 7.37. The number of ether oxygens (including phenoxy) is 1. The molecule has 26 heavy (non-hydrogen) atoms. The van der Waals surface area contributed by atoms with Gasteiger partial charge in [0.15, 0.2) is 0 Å². The number of aromatic nitrogens is 1. The van der Waals surface area contributed by atoms with Crippen molar-refractivity contribution in [2.45, 2.75) is 13.5 Å². The summed E-state index contributed by atoms with van der Waals surface area (Å²) in [6.07, 6.45) is 0. The molecule has 3 aromatic rings. The van der Waals surface area contributed by atoms with Crippen LogP contribution in [0.3, 0.4) is 0 Å². The van der Waals surface area contributed by atoms with Crippen molar-refractivity contribution in [2.75, 3.05) is 0 Å². The largest absolute Gasteiger partial charge is 0.455 e. The number of nitro groups is 1. The molecule has 1 heterocycles. The summed E-state index contributed by atoms with van der Waals surface area (Å²) in [6.45, 7) is 1.54. The summed E-state index contributed by atoms with van der Waals surface area (Å²) in [7, 11) is 0. The van der Waals surface area contributed by atoms with Gasteiger partial charge in [0.05, 0.1) is 4.92 Å². The Morgan fingerprint density at radius 1 is 1.27 bits per heavy atom. The molecule has 7 nitrogen and oxygen atoms in total. The summed E-state index contributed by atoms with van der Waals surface area (Å²) in [5, 5.41) is 11.2. The molecule has 0 N–H and O–H groups in total. The lowest BCUT2D eigenvalue weighted by Crippen LogP contribution is -2.09. The molecule has 2 aromatic carbocycles. The quantitative estimate of drug-likeness (QED) is 0.370. The van der Waals surface area contributed by atoms with Gasteiger partial charge in [0.2, 0.25) is 5.89 Å². The van der Waals surface area contributed by atoms with Crippen LogP contribution in [-0.4, -0.2) is 15.9 Å². The van der Waals surface area contributed by atoms with Gasteiger partial charge in [0.25, 0.3) is 5.69 Å². The molecule has 0 amide bonds. The van der Waals surface area contributed by atoms with E-state index in [1.54, 1.807) is 6.92 Å². The number of hydrogen-bond donors (Lipinski definition) is 0. The Labute approximate surface area is 153 Å². The van der Waals surface area contributed by atoms with Crippen LogP contribution in [0, 0.1) is 17.0 Å². The van der Waals surface area contributed by atoms with Crippen LogP contribution in [0.5, 0.6) is 0 Å². The molecular formula is C18H13ClN2O5. The average molecular weight is 373 g/mol. The van der Waals surface area contributed by atoms with E-state index >= 15 is 0 Å². The maximum atomic E-state index is 12.2. The Morgan fingerprint density at radius 3 is 2.69 bits per heavy atom. The van der Waals surface area contributed by atoms with Gasteiger partial charge in [-0.05, 0) is 31.2 Å². The van der Waals surface area contributed by atoms with E-state index in [0.29, 0.717) is 17.3 Å². The topological polar surface area (TPSA) is 95.5 Å². The van der Waals surface area contributed by atoms with Crippen LogP contribution in [-0.2, 0) is 11.3 Å². The fraction of sp³-hybridized carbons (Fsp3) is 0.111. The first-order valence-corrected chi connectivity index (χ1v) is 7.96. The fourth-order valence-corrected chi connectivity index (χ4v) is 2.47. The molecule has 0 spiro atoms. The van der Waals surface area contributed by atoms with Crippen molar-refractivity contribution in [3.63, 3.8) is 0 Å². The number of carbonyl (C=O) groups is 1. The molecule has 0 saturated carbocycles. The maximum Gasteiger partial charge on any atom is 0.345 e. The molecule has 1 aromatic heterocycles. The van der Waals surface area contributed by atoms with Gasteiger partial charge in [0.1, 0.15) is 23.6 Å². The number of oxazole rings is 1. The van der Waals surface area contributed by atoms with Gasteiger partial charge in [-0.3, -0.25) is 10.1 Å². The van der Waals surface area contributed by atoms with E-state index < -0.39 is 16.6 Å². The first kappa shape index (κ1) is 17.6. The van der Waals surface area contributed by atoms with Crippen molar-refractivity contribution >= 4 is 23.3 Å². The summed E-state index contributed by atoms with van der Waals surface area (Å²) >= 11 is 5.74. The second-order valence-corrected chi connectivity index (χ2v) is 5.82. The predicted molar refractivity (Wildman–Crippen MR) is 93.9 cm³/mol.